The lowest BCUT2D eigenvalue weighted by Gasteiger charge is -2.38. The average molecular weight is 312 g/mol. The number of hydrogen-bond donors (Lipinski definition) is 0. The van der Waals surface area contributed by atoms with E-state index in [1.54, 1.807) is 0 Å². The van der Waals surface area contributed by atoms with Gasteiger partial charge in [-0.25, -0.2) is 0 Å². The van der Waals surface area contributed by atoms with Crippen molar-refractivity contribution >= 4 is 11.6 Å². The first kappa shape index (κ1) is 14.3. The Morgan fingerprint density at radius 2 is 1.50 bits per heavy atom. The van der Waals surface area contributed by atoms with Crippen LogP contribution in [0.25, 0.3) is 0 Å². The monoisotopic (exact) mass is 311 g/mol. The first-order valence-electron chi connectivity index (χ1n) is 8.31. The molecule has 0 spiro atoms. The molecule has 2 aliphatic rings. The molecular weight excluding hydrogens is 290 g/mol. The molecule has 3 atom stereocenters. The van der Waals surface area contributed by atoms with Crippen LogP contribution in [0.2, 0.25) is 5.02 Å². The summed E-state index contributed by atoms with van der Waals surface area (Å²) in [6, 6.07) is 19.4. The number of likely N-dealkylation sites (tertiary alicyclic amines) is 1. The largest absolute Gasteiger partial charge is 0.298 e. The van der Waals surface area contributed by atoms with Gasteiger partial charge in [-0.2, -0.15) is 0 Å². The van der Waals surface area contributed by atoms with Crippen LogP contribution in [0, 0.1) is 11.8 Å². The number of rotatable bonds is 3. The molecule has 0 amide bonds. The van der Waals surface area contributed by atoms with Gasteiger partial charge in [0, 0.05) is 24.7 Å². The molecule has 0 N–H and O–H groups in total. The predicted octanol–water partition coefficient (Wildman–Crippen LogP) is 4.97. The summed E-state index contributed by atoms with van der Waals surface area (Å²) in [7, 11) is 0. The maximum Gasteiger partial charge on any atom is 0.0406 e. The topological polar surface area (TPSA) is 3.24 Å². The Balaban J connectivity index is 1.48. The molecule has 1 saturated heterocycles. The van der Waals surface area contributed by atoms with E-state index in [1.165, 1.54) is 37.1 Å². The second kappa shape index (κ2) is 6.06. The van der Waals surface area contributed by atoms with Crippen LogP contribution in [-0.4, -0.2) is 18.0 Å². The molecule has 0 radical (unpaired) electrons. The molecule has 114 valence electrons. The fraction of sp³-hybridized carbons (Fsp3) is 0.400. The first-order chi connectivity index (χ1) is 10.8. The summed E-state index contributed by atoms with van der Waals surface area (Å²) in [5.41, 5.74) is 2.93. The fourth-order valence-electron chi connectivity index (χ4n) is 4.52. The summed E-state index contributed by atoms with van der Waals surface area (Å²) in [6.07, 6.45) is 2.76. The van der Waals surface area contributed by atoms with Crippen LogP contribution in [0.3, 0.4) is 0 Å². The molecule has 1 aliphatic heterocycles. The smallest absolute Gasteiger partial charge is 0.0406 e. The molecule has 2 bridgehead atoms. The van der Waals surface area contributed by atoms with Crippen LogP contribution >= 0.6 is 11.6 Å². The van der Waals surface area contributed by atoms with E-state index in [0.29, 0.717) is 0 Å². The maximum atomic E-state index is 6.04. The van der Waals surface area contributed by atoms with Gasteiger partial charge in [0.05, 0.1) is 0 Å². The van der Waals surface area contributed by atoms with Crippen molar-refractivity contribution in [3.8, 4) is 0 Å². The second-order valence-electron chi connectivity index (χ2n) is 6.85. The second-order valence-corrected chi connectivity index (χ2v) is 7.29. The van der Waals surface area contributed by atoms with Crippen molar-refractivity contribution in [3.63, 3.8) is 0 Å². The number of halogens is 1. The van der Waals surface area contributed by atoms with Crippen LogP contribution in [-0.2, 0) is 6.54 Å². The van der Waals surface area contributed by atoms with Crippen molar-refractivity contribution in [1.29, 1.82) is 0 Å². The Morgan fingerprint density at radius 3 is 2.14 bits per heavy atom. The minimum atomic E-state index is 0.740. The van der Waals surface area contributed by atoms with Crippen LogP contribution in [0.5, 0.6) is 0 Å². The van der Waals surface area contributed by atoms with Crippen LogP contribution in [0.15, 0.2) is 54.6 Å². The number of piperidine rings is 1. The molecule has 2 aromatic rings. The van der Waals surface area contributed by atoms with Crippen LogP contribution in [0.4, 0.5) is 0 Å². The highest BCUT2D eigenvalue weighted by atomic mass is 35.5. The van der Waals surface area contributed by atoms with Gasteiger partial charge in [0.25, 0.3) is 0 Å². The first-order valence-corrected chi connectivity index (χ1v) is 8.69. The Hall–Kier alpha value is -1.31. The molecule has 1 nitrogen and oxygen atoms in total. The molecule has 2 aromatic carbocycles. The van der Waals surface area contributed by atoms with Crippen molar-refractivity contribution in [1.82, 2.24) is 4.90 Å². The predicted molar refractivity (Wildman–Crippen MR) is 92.1 cm³/mol. The van der Waals surface area contributed by atoms with Crippen LogP contribution < -0.4 is 0 Å². The molecule has 2 fully saturated rings. The normalized spacial score (nSPS) is 28.0. The summed E-state index contributed by atoms with van der Waals surface area (Å²) >= 11 is 6.04. The zero-order chi connectivity index (χ0) is 14.9. The van der Waals surface area contributed by atoms with E-state index in [4.69, 9.17) is 11.6 Å². The minimum absolute atomic E-state index is 0.740. The average Bonchev–Trinajstić information content (AvgIpc) is 2.80. The lowest BCUT2D eigenvalue weighted by molar-refractivity contribution is 0.138. The Morgan fingerprint density at radius 1 is 0.864 bits per heavy atom. The Labute approximate surface area is 137 Å². The molecule has 22 heavy (non-hydrogen) atoms. The van der Waals surface area contributed by atoms with E-state index < -0.39 is 0 Å². The van der Waals surface area contributed by atoms with Crippen molar-refractivity contribution < 1.29 is 0 Å². The van der Waals surface area contributed by atoms with Gasteiger partial charge >= 0.3 is 0 Å². The van der Waals surface area contributed by atoms with Gasteiger partial charge < -0.3 is 0 Å². The number of nitrogens with zero attached hydrogens (tertiary/aromatic N) is 1. The summed E-state index contributed by atoms with van der Waals surface area (Å²) in [4.78, 5) is 2.66. The third-order valence-electron chi connectivity index (χ3n) is 5.41. The van der Waals surface area contributed by atoms with Gasteiger partial charge in [0.15, 0.2) is 0 Å². The molecule has 1 unspecified atom stereocenters. The molecule has 4 rings (SSSR count). The number of fused-ring (bicyclic) bond motifs is 2. The van der Waals surface area contributed by atoms with Gasteiger partial charge in [-0.15, -0.1) is 0 Å². The summed E-state index contributed by atoms with van der Waals surface area (Å²) in [5.74, 6) is 2.36. The highest BCUT2D eigenvalue weighted by Gasteiger charge is 2.42. The summed E-state index contributed by atoms with van der Waals surface area (Å²) in [6.45, 7) is 3.57. The van der Waals surface area contributed by atoms with E-state index in [0.717, 1.165) is 29.3 Å². The van der Waals surface area contributed by atoms with Gasteiger partial charge in [0.2, 0.25) is 0 Å². The van der Waals surface area contributed by atoms with Crippen molar-refractivity contribution in [2.45, 2.75) is 25.3 Å². The van der Waals surface area contributed by atoms with E-state index in [9.17, 15) is 0 Å². The SMILES string of the molecule is Clc1ccc(C2[C@@H]3CC[C@H]2CN(Cc2ccccc2)C3)cc1. The van der Waals surface area contributed by atoms with E-state index >= 15 is 0 Å². The van der Waals surface area contributed by atoms with E-state index in [2.05, 4.69) is 47.4 Å². The molecule has 1 saturated carbocycles. The lowest BCUT2D eigenvalue weighted by atomic mass is 9.80. The van der Waals surface area contributed by atoms with Gasteiger partial charge in [0.1, 0.15) is 0 Å². The lowest BCUT2D eigenvalue weighted by Crippen LogP contribution is -2.40. The van der Waals surface area contributed by atoms with Crippen molar-refractivity contribution in [2.75, 3.05) is 13.1 Å². The Kier molecular flexibility index (Phi) is 3.94. The quantitative estimate of drug-likeness (QED) is 0.774. The van der Waals surface area contributed by atoms with Gasteiger partial charge in [-0.1, -0.05) is 54.1 Å². The number of benzene rings is 2. The molecular formula is C20H22ClN. The van der Waals surface area contributed by atoms with Crippen molar-refractivity contribution in [2.24, 2.45) is 11.8 Å². The zero-order valence-corrected chi connectivity index (χ0v) is 13.5. The third-order valence-corrected chi connectivity index (χ3v) is 5.67. The van der Waals surface area contributed by atoms with Gasteiger partial charge in [-0.05, 0) is 53.9 Å². The third kappa shape index (κ3) is 2.80. The van der Waals surface area contributed by atoms with Gasteiger partial charge in [-0.3, -0.25) is 4.90 Å². The minimum Gasteiger partial charge on any atom is -0.298 e. The zero-order valence-electron chi connectivity index (χ0n) is 12.8. The summed E-state index contributed by atoms with van der Waals surface area (Å²) in [5, 5.41) is 0.845. The number of hydrogen-bond acceptors (Lipinski definition) is 1. The molecule has 1 aliphatic carbocycles. The molecule has 1 heterocycles. The van der Waals surface area contributed by atoms with Crippen LogP contribution in [0.1, 0.15) is 29.9 Å². The highest BCUT2D eigenvalue weighted by Crippen LogP contribution is 2.48. The van der Waals surface area contributed by atoms with E-state index in [1.807, 2.05) is 12.1 Å². The highest BCUT2D eigenvalue weighted by molar-refractivity contribution is 6.30. The standard InChI is InChI=1S/C20H22ClN/c21-19-10-8-16(9-11-19)20-17-6-7-18(20)14-22(13-17)12-15-4-2-1-3-5-15/h1-5,8-11,17-18,20H,6-7,12-14H2/t17-,18+,20?. The van der Waals surface area contributed by atoms with E-state index in [-0.39, 0.29) is 0 Å². The molecule has 0 aromatic heterocycles. The van der Waals surface area contributed by atoms with Crippen molar-refractivity contribution in [3.05, 3.63) is 70.7 Å². The molecule has 2 heteroatoms. The Bertz CT molecular complexity index is 608. The fourth-order valence-corrected chi connectivity index (χ4v) is 4.65. The summed E-state index contributed by atoms with van der Waals surface area (Å²) < 4.78 is 0. The maximum absolute atomic E-state index is 6.04.